The van der Waals surface area contributed by atoms with E-state index in [1.807, 2.05) is 25.1 Å². The molecule has 4 heteroatoms. The van der Waals surface area contributed by atoms with Gasteiger partial charge in [-0.25, -0.2) is 0 Å². The number of nitrogens with two attached hydrogens (primary N) is 1. The van der Waals surface area contributed by atoms with E-state index in [0.29, 0.717) is 12.1 Å². The van der Waals surface area contributed by atoms with Crippen molar-refractivity contribution in [3.63, 3.8) is 0 Å². The standard InChI is InChI=1S/C15H23N3O/c1-2-6-15(19)17-13-11-12(16)7-8-14(13)18-9-4-3-5-10-18/h7-8,11H,2-6,9-10,16H2,1H3,(H,17,19). The summed E-state index contributed by atoms with van der Waals surface area (Å²) in [7, 11) is 0. The van der Waals surface area contributed by atoms with Gasteiger partial charge in [-0.1, -0.05) is 6.92 Å². The number of anilines is 3. The number of hydrogen-bond donors (Lipinski definition) is 2. The Kier molecular flexibility index (Phi) is 4.66. The summed E-state index contributed by atoms with van der Waals surface area (Å²) < 4.78 is 0. The molecule has 1 amide bonds. The van der Waals surface area contributed by atoms with E-state index in [-0.39, 0.29) is 5.91 Å². The van der Waals surface area contributed by atoms with Crippen molar-refractivity contribution in [2.24, 2.45) is 0 Å². The second kappa shape index (κ2) is 6.45. The minimum Gasteiger partial charge on any atom is -0.399 e. The van der Waals surface area contributed by atoms with Crippen molar-refractivity contribution in [3.8, 4) is 0 Å². The number of benzene rings is 1. The highest BCUT2D eigenvalue weighted by Crippen LogP contribution is 2.30. The molecule has 1 aromatic rings. The maximum Gasteiger partial charge on any atom is 0.224 e. The van der Waals surface area contributed by atoms with Gasteiger partial charge in [0.2, 0.25) is 5.91 Å². The number of carbonyl (C=O) groups is 1. The molecule has 0 spiro atoms. The Morgan fingerprint density at radius 3 is 2.74 bits per heavy atom. The van der Waals surface area contributed by atoms with Crippen LogP contribution >= 0.6 is 0 Å². The molecule has 4 nitrogen and oxygen atoms in total. The van der Waals surface area contributed by atoms with Gasteiger partial charge in [-0.15, -0.1) is 0 Å². The Bertz CT molecular complexity index is 439. The maximum atomic E-state index is 11.8. The van der Waals surface area contributed by atoms with Gasteiger partial charge in [0.1, 0.15) is 0 Å². The van der Waals surface area contributed by atoms with Gasteiger partial charge >= 0.3 is 0 Å². The zero-order chi connectivity index (χ0) is 13.7. The zero-order valence-electron chi connectivity index (χ0n) is 11.6. The summed E-state index contributed by atoms with van der Waals surface area (Å²) in [5.74, 6) is 0.0614. The fraction of sp³-hybridized carbons (Fsp3) is 0.533. The first-order chi connectivity index (χ1) is 9.20. The average molecular weight is 261 g/mol. The molecule has 0 saturated carbocycles. The van der Waals surface area contributed by atoms with Crippen LogP contribution in [-0.4, -0.2) is 19.0 Å². The van der Waals surface area contributed by atoms with Crippen LogP contribution in [0.15, 0.2) is 18.2 Å². The molecule has 104 valence electrons. The second-order valence-electron chi connectivity index (χ2n) is 5.12. The van der Waals surface area contributed by atoms with Crippen molar-refractivity contribution >= 4 is 23.0 Å². The van der Waals surface area contributed by atoms with Crippen molar-refractivity contribution in [1.82, 2.24) is 0 Å². The van der Waals surface area contributed by atoms with E-state index in [2.05, 4.69) is 10.2 Å². The molecule has 1 fully saturated rings. The first-order valence-electron chi connectivity index (χ1n) is 7.15. The van der Waals surface area contributed by atoms with Crippen LogP contribution in [0.25, 0.3) is 0 Å². The van der Waals surface area contributed by atoms with Crippen LogP contribution in [0.3, 0.4) is 0 Å². The summed E-state index contributed by atoms with van der Waals surface area (Å²) in [5, 5.41) is 2.99. The molecule has 1 saturated heterocycles. The van der Waals surface area contributed by atoms with Crippen molar-refractivity contribution in [2.45, 2.75) is 39.0 Å². The van der Waals surface area contributed by atoms with E-state index < -0.39 is 0 Å². The summed E-state index contributed by atoms with van der Waals surface area (Å²) in [6, 6.07) is 5.78. The summed E-state index contributed by atoms with van der Waals surface area (Å²) in [5.41, 5.74) is 8.47. The highest BCUT2D eigenvalue weighted by Gasteiger charge is 2.15. The third-order valence-corrected chi connectivity index (χ3v) is 3.47. The maximum absolute atomic E-state index is 11.8. The third-order valence-electron chi connectivity index (χ3n) is 3.47. The van der Waals surface area contributed by atoms with E-state index in [1.165, 1.54) is 19.3 Å². The van der Waals surface area contributed by atoms with Crippen LogP contribution in [0.1, 0.15) is 39.0 Å². The Morgan fingerprint density at radius 2 is 2.05 bits per heavy atom. The Hall–Kier alpha value is -1.71. The van der Waals surface area contributed by atoms with Crippen LogP contribution in [0, 0.1) is 0 Å². The molecule has 1 heterocycles. The fourth-order valence-electron chi connectivity index (χ4n) is 2.50. The van der Waals surface area contributed by atoms with Crippen molar-refractivity contribution in [3.05, 3.63) is 18.2 Å². The molecule has 0 aliphatic carbocycles. The molecular weight excluding hydrogens is 238 g/mol. The quantitative estimate of drug-likeness (QED) is 0.819. The van der Waals surface area contributed by atoms with Crippen LogP contribution in [0.4, 0.5) is 17.1 Å². The SMILES string of the molecule is CCCC(=O)Nc1cc(N)ccc1N1CCCCC1. The molecular formula is C15H23N3O. The lowest BCUT2D eigenvalue weighted by Crippen LogP contribution is -2.30. The minimum absolute atomic E-state index is 0.0614. The van der Waals surface area contributed by atoms with Gasteiger partial charge in [0, 0.05) is 25.2 Å². The van der Waals surface area contributed by atoms with E-state index >= 15 is 0 Å². The van der Waals surface area contributed by atoms with Gasteiger partial charge in [0.15, 0.2) is 0 Å². The summed E-state index contributed by atoms with van der Waals surface area (Å²) in [6.45, 7) is 4.12. The largest absolute Gasteiger partial charge is 0.399 e. The molecule has 0 unspecified atom stereocenters. The van der Waals surface area contributed by atoms with Gasteiger partial charge in [0.25, 0.3) is 0 Å². The summed E-state index contributed by atoms with van der Waals surface area (Å²) >= 11 is 0. The topological polar surface area (TPSA) is 58.4 Å². The lowest BCUT2D eigenvalue weighted by Gasteiger charge is -2.30. The van der Waals surface area contributed by atoms with Crippen molar-refractivity contribution in [1.29, 1.82) is 0 Å². The highest BCUT2D eigenvalue weighted by molar-refractivity contribution is 5.95. The Labute approximate surface area is 115 Å². The molecule has 0 bridgehead atoms. The predicted octanol–water partition coefficient (Wildman–Crippen LogP) is 3.00. The predicted molar refractivity (Wildman–Crippen MR) is 80.5 cm³/mol. The number of hydrogen-bond acceptors (Lipinski definition) is 3. The van der Waals surface area contributed by atoms with Crippen LogP contribution in [-0.2, 0) is 4.79 Å². The van der Waals surface area contributed by atoms with Gasteiger partial charge in [-0.3, -0.25) is 4.79 Å². The number of amides is 1. The lowest BCUT2D eigenvalue weighted by atomic mass is 10.1. The smallest absolute Gasteiger partial charge is 0.224 e. The third kappa shape index (κ3) is 3.63. The average Bonchev–Trinajstić information content (AvgIpc) is 2.40. The molecule has 19 heavy (non-hydrogen) atoms. The Morgan fingerprint density at radius 1 is 1.32 bits per heavy atom. The molecule has 1 aliphatic rings. The summed E-state index contributed by atoms with van der Waals surface area (Å²) in [6.07, 6.45) is 5.13. The second-order valence-corrected chi connectivity index (χ2v) is 5.12. The molecule has 0 radical (unpaired) electrons. The van der Waals surface area contributed by atoms with E-state index in [4.69, 9.17) is 5.73 Å². The van der Waals surface area contributed by atoms with Crippen LogP contribution in [0.5, 0.6) is 0 Å². The van der Waals surface area contributed by atoms with Crippen molar-refractivity contribution < 1.29 is 4.79 Å². The molecule has 0 aromatic heterocycles. The lowest BCUT2D eigenvalue weighted by molar-refractivity contribution is -0.116. The molecule has 2 rings (SSSR count). The number of nitrogens with one attached hydrogen (secondary N) is 1. The number of carbonyl (C=O) groups excluding carboxylic acids is 1. The number of rotatable bonds is 4. The van der Waals surface area contributed by atoms with Gasteiger partial charge in [-0.2, -0.15) is 0 Å². The van der Waals surface area contributed by atoms with E-state index in [9.17, 15) is 4.79 Å². The van der Waals surface area contributed by atoms with Crippen LogP contribution in [0.2, 0.25) is 0 Å². The van der Waals surface area contributed by atoms with Gasteiger partial charge in [0.05, 0.1) is 11.4 Å². The van der Waals surface area contributed by atoms with Gasteiger partial charge < -0.3 is 16.0 Å². The molecule has 1 aliphatic heterocycles. The molecule has 3 N–H and O–H groups in total. The Balaban J connectivity index is 2.19. The normalized spacial score (nSPS) is 15.3. The summed E-state index contributed by atoms with van der Waals surface area (Å²) in [4.78, 5) is 14.1. The van der Waals surface area contributed by atoms with Gasteiger partial charge in [-0.05, 0) is 43.9 Å². The van der Waals surface area contributed by atoms with Crippen molar-refractivity contribution in [2.75, 3.05) is 29.0 Å². The van der Waals surface area contributed by atoms with E-state index in [0.717, 1.165) is 30.9 Å². The number of nitrogens with zero attached hydrogens (tertiary/aromatic N) is 1. The monoisotopic (exact) mass is 261 g/mol. The fourth-order valence-corrected chi connectivity index (χ4v) is 2.50. The van der Waals surface area contributed by atoms with Crippen LogP contribution < -0.4 is 16.0 Å². The highest BCUT2D eigenvalue weighted by atomic mass is 16.1. The molecule has 1 aromatic carbocycles. The molecule has 0 atom stereocenters. The number of nitrogen functional groups attached to an aromatic ring is 1. The minimum atomic E-state index is 0.0614. The number of piperidine rings is 1. The van der Waals surface area contributed by atoms with E-state index in [1.54, 1.807) is 0 Å². The first-order valence-corrected chi connectivity index (χ1v) is 7.15. The first kappa shape index (κ1) is 13.7. The zero-order valence-corrected chi connectivity index (χ0v) is 11.6.